The van der Waals surface area contributed by atoms with Gasteiger partial charge in [0.25, 0.3) is 0 Å². The molecule has 0 aliphatic carbocycles. The quantitative estimate of drug-likeness (QED) is 0.326. The molecule has 9 nitrogen and oxygen atoms in total. The summed E-state index contributed by atoms with van der Waals surface area (Å²) in [5.41, 5.74) is 2.01. The van der Waals surface area contributed by atoms with E-state index in [2.05, 4.69) is 25.5 Å². The van der Waals surface area contributed by atoms with Gasteiger partial charge in [0.15, 0.2) is 23.5 Å². The van der Waals surface area contributed by atoms with Gasteiger partial charge in [0, 0.05) is 11.6 Å². The molecule has 0 aliphatic heterocycles. The number of halogens is 2. The average molecular weight is 488 g/mol. The van der Waals surface area contributed by atoms with Gasteiger partial charge in [0.05, 0.1) is 18.4 Å². The van der Waals surface area contributed by atoms with E-state index in [0.29, 0.717) is 22.5 Å². The third-order valence-corrected chi connectivity index (χ3v) is 5.39. The van der Waals surface area contributed by atoms with Crippen LogP contribution in [0.5, 0.6) is 0 Å². The van der Waals surface area contributed by atoms with Gasteiger partial charge in [-0.25, -0.2) is 23.5 Å². The Morgan fingerprint density at radius 3 is 2.53 bits per heavy atom. The number of rotatable bonds is 8. The maximum absolute atomic E-state index is 14.6. The Bertz CT molecular complexity index is 1510. The van der Waals surface area contributed by atoms with Gasteiger partial charge in [0.2, 0.25) is 0 Å². The molecule has 5 rings (SSSR count). The second-order valence-electron chi connectivity index (χ2n) is 7.76. The van der Waals surface area contributed by atoms with E-state index in [1.54, 1.807) is 60.7 Å². The van der Waals surface area contributed by atoms with Gasteiger partial charge in [0.1, 0.15) is 23.5 Å². The van der Waals surface area contributed by atoms with Crippen LogP contribution in [-0.4, -0.2) is 36.0 Å². The van der Waals surface area contributed by atoms with Crippen molar-refractivity contribution in [3.8, 4) is 22.9 Å². The summed E-state index contributed by atoms with van der Waals surface area (Å²) in [7, 11) is 0. The van der Waals surface area contributed by atoms with E-state index < -0.39 is 23.6 Å². The minimum absolute atomic E-state index is 0.0353. The highest BCUT2D eigenvalue weighted by Gasteiger charge is 2.23. The van der Waals surface area contributed by atoms with Crippen LogP contribution in [0.3, 0.4) is 0 Å². The minimum Gasteiger partial charge on any atom is -0.479 e. The highest BCUT2D eigenvalue weighted by atomic mass is 19.1. The Kier molecular flexibility index (Phi) is 6.18. The van der Waals surface area contributed by atoms with Crippen LogP contribution in [0, 0.1) is 11.6 Å². The predicted molar refractivity (Wildman–Crippen MR) is 125 cm³/mol. The second kappa shape index (κ2) is 9.74. The standard InChI is InChI=1S/C25H18F2N6O3/c26-17-9-5-4-8-16(17)14-33-21(19-10-11-36-32-19)12-20(31-33)24-28-13-18(27)23(30-24)29-22(25(34)35)15-6-2-1-3-7-15/h1-13,22H,14H2,(H,34,35)(H,28,29,30)/t22-/m1/s1. The molecule has 0 spiro atoms. The molecule has 1 atom stereocenters. The molecule has 0 saturated heterocycles. The lowest BCUT2D eigenvalue weighted by Crippen LogP contribution is -2.22. The molecule has 0 bridgehead atoms. The van der Waals surface area contributed by atoms with Crippen LogP contribution in [0.25, 0.3) is 22.9 Å². The summed E-state index contributed by atoms with van der Waals surface area (Å²) < 4.78 is 35.4. The van der Waals surface area contributed by atoms with Gasteiger partial charge in [-0.1, -0.05) is 53.7 Å². The number of carboxylic acid groups (broad SMARTS) is 1. The number of nitrogens with zero attached hydrogens (tertiary/aromatic N) is 5. The van der Waals surface area contributed by atoms with E-state index in [1.165, 1.54) is 17.0 Å². The molecule has 3 aromatic heterocycles. The van der Waals surface area contributed by atoms with E-state index in [-0.39, 0.29) is 23.9 Å². The Morgan fingerprint density at radius 1 is 1.03 bits per heavy atom. The number of nitrogens with one attached hydrogen (secondary N) is 1. The van der Waals surface area contributed by atoms with Crippen molar-refractivity contribution in [1.29, 1.82) is 0 Å². The maximum atomic E-state index is 14.6. The molecular weight excluding hydrogens is 470 g/mol. The molecule has 0 radical (unpaired) electrons. The molecule has 0 unspecified atom stereocenters. The lowest BCUT2D eigenvalue weighted by Gasteiger charge is -2.16. The van der Waals surface area contributed by atoms with Gasteiger partial charge in [-0.05, 0) is 17.7 Å². The fourth-order valence-electron chi connectivity index (χ4n) is 3.65. The van der Waals surface area contributed by atoms with Crippen LogP contribution in [-0.2, 0) is 11.3 Å². The first-order valence-electron chi connectivity index (χ1n) is 10.8. The number of aromatic nitrogens is 5. The zero-order valence-corrected chi connectivity index (χ0v) is 18.5. The lowest BCUT2D eigenvalue weighted by atomic mass is 10.1. The van der Waals surface area contributed by atoms with Gasteiger partial charge >= 0.3 is 5.97 Å². The average Bonchev–Trinajstić information content (AvgIpc) is 3.55. The molecule has 0 fully saturated rings. The summed E-state index contributed by atoms with van der Waals surface area (Å²) in [6.45, 7) is 0.0796. The van der Waals surface area contributed by atoms with Gasteiger partial charge in [-0.15, -0.1) is 0 Å². The Morgan fingerprint density at radius 2 is 1.81 bits per heavy atom. The molecular formula is C25H18F2N6O3. The molecule has 0 amide bonds. The summed E-state index contributed by atoms with van der Waals surface area (Å²) in [4.78, 5) is 20.1. The number of benzene rings is 2. The highest BCUT2D eigenvalue weighted by molar-refractivity contribution is 5.79. The smallest absolute Gasteiger partial charge is 0.330 e. The number of hydrogen-bond donors (Lipinski definition) is 2. The molecule has 5 aromatic rings. The lowest BCUT2D eigenvalue weighted by molar-refractivity contribution is -0.138. The van der Waals surface area contributed by atoms with Crippen LogP contribution in [0.15, 0.2) is 83.7 Å². The van der Waals surface area contributed by atoms with Gasteiger partial charge in [-0.3, -0.25) is 4.68 Å². The number of hydrogen-bond acceptors (Lipinski definition) is 7. The molecule has 2 aromatic carbocycles. The molecule has 36 heavy (non-hydrogen) atoms. The molecule has 11 heteroatoms. The first-order chi connectivity index (χ1) is 17.5. The number of carbonyl (C=O) groups is 1. The zero-order valence-electron chi connectivity index (χ0n) is 18.5. The fourth-order valence-corrected chi connectivity index (χ4v) is 3.65. The molecule has 2 N–H and O–H groups in total. The molecule has 3 heterocycles. The van der Waals surface area contributed by atoms with Crippen molar-refractivity contribution in [3.05, 3.63) is 102 Å². The van der Waals surface area contributed by atoms with Gasteiger partial charge in [-0.2, -0.15) is 5.10 Å². The monoisotopic (exact) mass is 488 g/mol. The van der Waals surface area contributed by atoms with Crippen LogP contribution < -0.4 is 5.32 Å². The van der Waals surface area contributed by atoms with Crippen LogP contribution in [0.2, 0.25) is 0 Å². The first kappa shape index (κ1) is 22.8. The molecule has 180 valence electrons. The van der Waals surface area contributed by atoms with Crippen LogP contribution in [0.4, 0.5) is 14.6 Å². The summed E-state index contributed by atoms with van der Waals surface area (Å²) in [6.07, 6.45) is 2.32. The van der Waals surface area contributed by atoms with E-state index in [1.807, 2.05) is 0 Å². The van der Waals surface area contributed by atoms with Crippen molar-refractivity contribution in [2.45, 2.75) is 12.6 Å². The SMILES string of the molecule is O=C(O)[C@H](Nc1nc(-c2cc(-c3ccon3)n(Cc3ccccc3F)n2)ncc1F)c1ccccc1. The van der Waals surface area contributed by atoms with Crippen molar-refractivity contribution in [2.75, 3.05) is 5.32 Å². The summed E-state index contributed by atoms with van der Waals surface area (Å²) >= 11 is 0. The fraction of sp³-hybridized carbons (Fsp3) is 0.0800. The zero-order chi connectivity index (χ0) is 25.1. The number of anilines is 1. The number of aliphatic carboxylic acids is 1. The van der Waals surface area contributed by atoms with Crippen molar-refractivity contribution >= 4 is 11.8 Å². The van der Waals surface area contributed by atoms with Crippen molar-refractivity contribution < 1.29 is 23.2 Å². The third kappa shape index (κ3) is 4.67. The molecule has 0 saturated carbocycles. The Labute approximate surface area is 203 Å². The summed E-state index contributed by atoms with van der Waals surface area (Å²) in [5, 5.41) is 20.7. The maximum Gasteiger partial charge on any atom is 0.330 e. The Hall–Kier alpha value is -4.93. The van der Waals surface area contributed by atoms with E-state index >= 15 is 0 Å². The minimum atomic E-state index is -1.24. The summed E-state index contributed by atoms with van der Waals surface area (Å²) in [6, 6.07) is 16.6. The summed E-state index contributed by atoms with van der Waals surface area (Å²) in [5.74, 6) is -2.70. The van der Waals surface area contributed by atoms with E-state index in [9.17, 15) is 18.7 Å². The first-order valence-corrected chi connectivity index (χ1v) is 10.8. The second-order valence-corrected chi connectivity index (χ2v) is 7.76. The third-order valence-electron chi connectivity index (χ3n) is 5.39. The highest BCUT2D eigenvalue weighted by Crippen LogP contribution is 2.27. The van der Waals surface area contributed by atoms with Crippen LogP contribution in [0.1, 0.15) is 17.2 Å². The molecule has 0 aliphatic rings. The van der Waals surface area contributed by atoms with Crippen molar-refractivity contribution in [2.24, 2.45) is 0 Å². The van der Waals surface area contributed by atoms with E-state index in [0.717, 1.165) is 6.20 Å². The van der Waals surface area contributed by atoms with Gasteiger partial charge < -0.3 is 14.9 Å². The Balaban J connectivity index is 1.52. The van der Waals surface area contributed by atoms with Crippen molar-refractivity contribution in [3.63, 3.8) is 0 Å². The predicted octanol–water partition coefficient (Wildman–Crippen LogP) is 4.56. The van der Waals surface area contributed by atoms with Crippen LogP contribution >= 0.6 is 0 Å². The largest absolute Gasteiger partial charge is 0.479 e. The number of carboxylic acids is 1. The topological polar surface area (TPSA) is 119 Å². The van der Waals surface area contributed by atoms with Crippen molar-refractivity contribution in [1.82, 2.24) is 24.9 Å². The van der Waals surface area contributed by atoms with E-state index in [4.69, 9.17) is 4.52 Å². The normalized spacial score (nSPS) is 11.8.